The monoisotopic (exact) mass is 694 g/mol. The van der Waals surface area contributed by atoms with Crippen LogP contribution in [0.3, 0.4) is 0 Å². The number of para-hydroxylation sites is 1. The van der Waals surface area contributed by atoms with E-state index in [0.717, 1.165) is 32.9 Å². The molecule has 0 radical (unpaired) electrons. The van der Waals surface area contributed by atoms with Gasteiger partial charge in [-0.3, -0.25) is 9.36 Å². The number of benzene rings is 3. The number of rotatable bonds is 9. The minimum atomic E-state index is -0.796. The number of hydrogen-bond acceptors (Lipinski definition) is 7. The summed E-state index contributed by atoms with van der Waals surface area (Å²) in [7, 11) is 1.57. The third-order valence-electron chi connectivity index (χ3n) is 7.96. The number of ether oxygens (including phenoxy) is 2. The fourth-order valence-corrected chi connectivity index (χ4v) is 7.34. The van der Waals surface area contributed by atoms with Crippen LogP contribution in [0, 0.1) is 11.3 Å². The van der Waals surface area contributed by atoms with E-state index in [9.17, 15) is 14.9 Å². The average Bonchev–Trinajstić information content (AvgIpc) is 3.56. The molecular formula is C36H31BrN4O4S. The van der Waals surface area contributed by atoms with Gasteiger partial charge in [-0.15, -0.1) is 0 Å². The van der Waals surface area contributed by atoms with Crippen LogP contribution in [0.25, 0.3) is 17.0 Å². The maximum absolute atomic E-state index is 14.4. The van der Waals surface area contributed by atoms with Crippen molar-refractivity contribution in [2.45, 2.75) is 39.3 Å². The second-order valence-corrected chi connectivity index (χ2v) is 12.7. The molecule has 0 saturated carbocycles. The molecule has 46 heavy (non-hydrogen) atoms. The van der Waals surface area contributed by atoms with Crippen molar-refractivity contribution in [1.82, 2.24) is 9.13 Å². The van der Waals surface area contributed by atoms with E-state index in [0.29, 0.717) is 50.4 Å². The van der Waals surface area contributed by atoms with Gasteiger partial charge in [0.1, 0.15) is 11.8 Å². The van der Waals surface area contributed by atoms with Crippen LogP contribution < -0.4 is 19.6 Å². The Bertz CT molecular complexity index is 2240. The van der Waals surface area contributed by atoms with E-state index >= 15 is 0 Å². The standard InChI is InChI=1S/C36H31BrN4O4S/c1-4-10-28-32(35(43)45-5-2)33(27-18-25(37)15-16-30(27)44-3)41-34(42)31(46-36(41)39-28)17-24-21-40(29-14-9-8-13-26(24)29)20-23-12-7-6-11-22(23)19-38/h6-9,11-18,21,33H,4-5,10,20H2,1-3H3/b31-17+/t33-/m0/s1. The maximum atomic E-state index is 14.4. The van der Waals surface area contributed by atoms with Gasteiger partial charge in [0.15, 0.2) is 4.80 Å². The molecule has 3 heterocycles. The fourth-order valence-electron chi connectivity index (χ4n) is 5.95. The lowest BCUT2D eigenvalue weighted by Crippen LogP contribution is -2.40. The fraction of sp³-hybridized carbons (Fsp3) is 0.222. The number of carbonyl (C=O) groups is 1. The van der Waals surface area contributed by atoms with E-state index in [4.69, 9.17) is 14.5 Å². The molecular weight excluding hydrogens is 664 g/mol. The Hall–Kier alpha value is -4.72. The third kappa shape index (κ3) is 5.72. The first kappa shape index (κ1) is 31.3. The Kier molecular flexibility index (Phi) is 9.06. The highest BCUT2D eigenvalue weighted by Gasteiger charge is 2.36. The Balaban J connectivity index is 1.57. The number of aromatic nitrogens is 2. The SMILES string of the molecule is CCCC1=C(C(=O)OCC)[C@H](c2cc(Br)ccc2OC)n2c(s/c(=C/c3cn(Cc4ccccc4C#N)c4ccccc34)c2=O)=N1. The molecule has 0 aliphatic carbocycles. The quantitative estimate of drug-likeness (QED) is 0.171. The smallest absolute Gasteiger partial charge is 0.338 e. The van der Waals surface area contributed by atoms with Crippen molar-refractivity contribution in [3.63, 3.8) is 0 Å². The topological polar surface area (TPSA) is 98.6 Å². The molecule has 0 bridgehead atoms. The largest absolute Gasteiger partial charge is 0.496 e. The molecule has 232 valence electrons. The van der Waals surface area contributed by atoms with Crippen molar-refractivity contribution in [2.24, 2.45) is 4.99 Å². The molecule has 0 unspecified atom stereocenters. The summed E-state index contributed by atoms with van der Waals surface area (Å²) in [6, 6.07) is 22.6. The zero-order chi connectivity index (χ0) is 32.4. The first-order valence-corrected chi connectivity index (χ1v) is 16.6. The molecule has 0 saturated heterocycles. The first-order valence-electron chi connectivity index (χ1n) is 15.0. The molecule has 5 aromatic rings. The van der Waals surface area contributed by atoms with E-state index in [1.807, 2.05) is 85.9 Å². The minimum absolute atomic E-state index is 0.192. The summed E-state index contributed by atoms with van der Waals surface area (Å²) in [5, 5.41) is 10.6. The van der Waals surface area contributed by atoms with E-state index in [2.05, 4.69) is 26.6 Å². The van der Waals surface area contributed by atoms with Gasteiger partial charge in [0.25, 0.3) is 5.56 Å². The van der Waals surface area contributed by atoms with Crippen LogP contribution in [0.1, 0.15) is 55.0 Å². The molecule has 0 fully saturated rings. The van der Waals surface area contributed by atoms with Crippen LogP contribution in [0.2, 0.25) is 0 Å². The average molecular weight is 696 g/mol. The number of halogens is 1. The molecule has 1 aliphatic rings. The summed E-state index contributed by atoms with van der Waals surface area (Å²) in [5.74, 6) is 0.0415. The number of esters is 1. The highest BCUT2D eigenvalue weighted by molar-refractivity contribution is 9.10. The highest BCUT2D eigenvalue weighted by atomic mass is 79.9. The van der Waals surface area contributed by atoms with Crippen LogP contribution >= 0.6 is 27.3 Å². The van der Waals surface area contributed by atoms with Gasteiger partial charge in [-0.25, -0.2) is 9.79 Å². The molecule has 8 nitrogen and oxygen atoms in total. The number of carbonyl (C=O) groups excluding carboxylic acids is 1. The number of methoxy groups -OCH3 is 1. The van der Waals surface area contributed by atoms with Crippen molar-refractivity contribution in [3.05, 3.63) is 131 Å². The van der Waals surface area contributed by atoms with Gasteiger partial charge in [-0.2, -0.15) is 5.26 Å². The summed E-state index contributed by atoms with van der Waals surface area (Å²) >= 11 is 4.86. The van der Waals surface area contributed by atoms with Gasteiger partial charge in [0, 0.05) is 39.2 Å². The molecule has 6 rings (SSSR count). The third-order valence-corrected chi connectivity index (χ3v) is 9.44. The van der Waals surface area contributed by atoms with Crippen LogP contribution in [0.5, 0.6) is 5.75 Å². The Morgan fingerprint density at radius 1 is 1.13 bits per heavy atom. The minimum Gasteiger partial charge on any atom is -0.496 e. The molecule has 10 heteroatoms. The van der Waals surface area contributed by atoms with Gasteiger partial charge in [-0.05, 0) is 55.3 Å². The van der Waals surface area contributed by atoms with E-state index in [-0.39, 0.29) is 12.2 Å². The molecule has 3 aromatic carbocycles. The number of nitrogens with zero attached hydrogens (tertiary/aromatic N) is 4. The molecule has 1 atom stereocenters. The molecule has 0 N–H and O–H groups in total. The van der Waals surface area contributed by atoms with Crippen LogP contribution in [-0.4, -0.2) is 28.8 Å². The summed E-state index contributed by atoms with van der Waals surface area (Å²) in [6.45, 7) is 4.49. The van der Waals surface area contributed by atoms with Crippen molar-refractivity contribution < 1.29 is 14.3 Å². The summed E-state index contributed by atoms with van der Waals surface area (Å²) in [4.78, 5) is 33.4. The molecule has 0 amide bonds. The Morgan fingerprint density at radius 2 is 1.91 bits per heavy atom. The lowest BCUT2D eigenvalue weighted by Gasteiger charge is -2.27. The molecule has 2 aromatic heterocycles. The predicted octanol–water partition coefficient (Wildman–Crippen LogP) is 6.22. The number of fused-ring (bicyclic) bond motifs is 2. The number of thiazole rings is 1. The predicted molar refractivity (Wildman–Crippen MR) is 183 cm³/mol. The number of nitriles is 1. The Morgan fingerprint density at radius 3 is 2.67 bits per heavy atom. The van der Waals surface area contributed by atoms with Gasteiger partial charge in [0.2, 0.25) is 0 Å². The molecule has 0 spiro atoms. The van der Waals surface area contributed by atoms with Gasteiger partial charge in [-0.1, -0.05) is 77.0 Å². The second-order valence-electron chi connectivity index (χ2n) is 10.8. The number of hydrogen-bond donors (Lipinski definition) is 0. The first-order chi connectivity index (χ1) is 22.4. The lowest BCUT2D eigenvalue weighted by molar-refractivity contribution is -0.139. The van der Waals surface area contributed by atoms with Crippen LogP contribution in [-0.2, 0) is 16.1 Å². The maximum Gasteiger partial charge on any atom is 0.338 e. The van der Waals surface area contributed by atoms with Gasteiger partial charge in [0.05, 0.1) is 41.2 Å². The van der Waals surface area contributed by atoms with E-state index in [1.54, 1.807) is 18.6 Å². The molecule has 1 aliphatic heterocycles. The van der Waals surface area contributed by atoms with E-state index in [1.165, 1.54) is 11.3 Å². The van der Waals surface area contributed by atoms with E-state index < -0.39 is 12.0 Å². The van der Waals surface area contributed by atoms with Crippen molar-refractivity contribution >= 4 is 50.2 Å². The second kappa shape index (κ2) is 13.3. The van der Waals surface area contributed by atoms with Gasteiger partial charge < -0.3 is 14.0 Å². The van der Waals surface area contributed by atoms with Crippen LogP contribution in [0.15, 0.2) is 98.5 Å². The summed E-state index contributed by atoms with van der Waals surface area (Å²) < 4.78 is 16.2. The zero-order valence-electron chi connectivity index (χ0n) is 25.6. The summed E-state index contributed by atoms with van der Waals surface area (Å²) in [5.41, 5.74) is 4.73. The van der Waals surface area contributed by atoms with Crippen molar-refractivity contribution in [1.29, 1.82) is 5.26 Å². The highest BCUT2D eigenvalue weighted by Crippen LogP contribution is 2.38. The van der Waals surface area contributed by atoms with Crippen molar-refractivity contribution in [2.75, 3.05) is 13.7 Å². The lowest BCUT2D eigenvalue weighted by atomic mass is 9.93. The van der Waals surface area contributed by atoms with Crippen LogP contribution in [0.4, 0.5) is 0 Å². The van der Waals surface area contributed by atoms with Crippen molar-refractivity contribution in [3.8, 4) is 11.8 Å². The van der Waals surface area contributed by atoms with Gasteiger partial charge >= 0.3 is 5.97 Å². The summed E-state index contributed by atoms with van der Waals surface area (Å²) in [6.07, 6.45) is 5.21. The normalized spacial score (nSPS) is 14.6. The Labute approximate surface area is 278 Å². The number of allylic oxidation sites excluding steroid dienone is 1. The zero-order valence-corrected chi connectivity index (χ0v) is 28.0.